The van der Waals surface area contributed by atoms with Crippen LogP contribution in [0.4, 0.5) is 0 Å². The topological polar surface area (TPSA) is 75.7 Å². The van der Waals surface area contributed by atoms with Gasteiger partial charge in [-0.25, -0.2) is 13.1 Å². The Morgan fingerprint density at radius 1 is 1.36 bits per heavy atom. The van der Waals surface area contributed by atoms with E-state index in [9.17, 15) is 13.2 Å². The van der Waals surface area contributed by atoms with Gasteiger partial charge in [0.05, 0.1) is 13.2 Å². The molecule has 0 bridgehead atoms. The molecule has 1 atom stereocenters. The molecule has 28 heavy (non-hydrogen) atoms. The standard InChI is InChI=1S/C20H26N2O4S2/c1-5-16-15-9-11-27-18(15)8-10-22(16)20(23)14-6-7-17(26-4)19(12-14)28(24,25)21-13(2)3/h6-7,9,11-13,16,21H,5,8,10H2,1-4H3/t16-/m1/s1. The van der Waals surface area contributed by atoms with Crippen molar-refractivity contribution in [2.45, 2.75) is 50.6 Å². The molecule has 0 saturated heterocycles. The molecule has 152 valence electrons. The number of carbonyl (C=O) groups excluding carboxylic acids is 1. The molecule has 0 saturated carbocycles. The number of sulfonamides is 1. The third-order valence-electron chi connectivity index (χ3n) is 4.83. The Morgan fingerprint density at radius 3 is 2.75 bits per heavy atom. The van der Waals surface area contributed by atoms with Crippen molar-refractivity contribution in [3.63, 3.8) is 0 Å². The fraction of sp³-hybridized carbons (Fsp3) is 0.450. The van der Waals surface area contributed by atoms with Crippen molar-refractivity contribution in [3.05, 3.63) is 45.6 Å². The zero-order chi connectivity index (χ0) is 20.5. The van der Waals surface area contributed by atoms with E-state index in [-0.39, 0.29) is 28.6 Å². The van der Waals surface area contributed by atoms with E-state index in [4.69, 9.17) is 4.74 Å². The number of thiophene rings is 1. The lowest BCUT2D eigenvalue weighted by atomic mass is 9.97. The van der Waals surface area contributed by atoms with Gasteiger partial charge in [-0.3, -0.25) is 4.79 Å². The summed E-state index contributed by atoms with van der Waals surface area (Å²) >= 11 is 1.73. The maximum Gasteiger partial charge on any atom is 0.254 e. The number of methoxy groups -OCH3 is 1. The molecule has 6 nitrogen and oxygen atoms in total. The van der Waals surface area contributed by atoms with Gasteiger partial charge in [-0.15, -0.1) is 11.3 Å². The van der Waals surface area contributed by atoms with Crippen LogP contribution in [-0.2, 0) is 16.4 Å². The Kier molecular flexibility index (Phi) is 6.12. The van der Waals surface area contributed by atoms with Crippen molar-refractivity contribution in [3.8, 4) is 5.75 Å². The molecule has 2 aromatic rings. The van der Waals surface area contributed by atoms with E-state index in [0.29, 0.717) is 12.1 Å². The van der Waals surface area contributed by atoms with Crippen molar-refractivity contribution < 1.29 is 17.9 Å². The van der Waals surface area contributed by atoms with Crippen LogP contribution in [0.15, 0.2) is 34.5 Å². The molecule has 3 rings (SSSR count). The lowest BCUT2D eigenvalue weighted by molar-refractivity contribution is 0.0657. The third kappa shape index (κ3) is 3.94. The minimum Gasteiger partial charge on any atom is -0.495 e. The summed E-state index contributed by atoms with van der Waals surface area (Å²) in [6.45, 7) is 6.19. The second-order valence-electron chi connectivity index (χ2n) is 7.11. The molecule has 0 unspecified atom stereocenters. The molecular weight excluding hydrogens is 396 g/mol. The largest absolute Gasteiger partial charge is 0.495 e. The van der Waals surface area contributed by atoms with Crippen molar-refractivity contribution >= 4 is 27.3 Å². The quantitative estimate of drug-likeness (QED) is 0.772. The third-order valence-corrected chi connectivity index (χ3v) is 7.51. The Morgan fingerprint density at radius 2 is 2.11 bits per heavy atom. The molecule has 8 heteroatoms. The molecule has 1 N–H and O–H groups in total. The normalized spacial score (nSPS) is 16.9. The summed E-state index contributed by atoms with van der Waals surface area (Å²) in [7, 11) is -2.37. The molecule has 1 amide bonds. The van der Waals surface area contributed by atoms with E-state index in [1.54, 1.807) is 37.3 Å². The van der Waals surface area contributed by atoms with Gasteiger partial charge in [-0.1, -0.05) is 6.92 Å². The molecule has 0 radical (unpaired) electrons. The number of fused-ring (bicyclic) bond motifs is 1. The summed E-state index contributed by atoms with van der Waals surface area (Å²) < 4.78 is 33.2. The van der Waals surface area contributed by atoms with Crippen LogP contribution in [0.1, 0.15) is 54.0 Å². The predicted octanol–water partition coefficient (Wildman–Crippen LogP) is 3.59. The van der Waals surface area contributed by atoms with Gasteiger partial charge in [0.1, 0.15) is 10.6 Å². The molecule has 0 spiro atoms. The smallest absolute Gasteiger partial charge is 0.254 e. The van der Waals surface area contributed by atoms with Gasteiger partial charge in [0.25, 0.3) is 5.91 Å². The molecule has 1 aromatic carbocycles. The maximum atomic E-state index is 13.3. The fourth-order valence-corrected chi connectivity index (χ4v) is 6.01. The number of nitrogens with one attached hydrogen (secondary N) is 1. The van der Waals surface area contributed by atoms with E-state index in [1.807, 2.05) is 4.90 Å². The average Bonchev–Trinajstić information content (AvgIpc) is 3.13. The van der Waals surface area contributed by atoms with E-state index in [1.165, 1.54) is 23.6 Å². The first kappa shape index (κ1) is 20.8. The second-order valence-corrected chi connectivity index (χ2v) is 9.80. The van der Waals surface area contributed by atoms with Crippen LogP contribution in [0.3, 0.4) is 0 Å². The first-order chi connectivity index (χ1) is 13.3. The van der Waals surface area contributed by atoms with Crippen LogP contribution in [0.2, 0.25) is 0 Å². The zero-order valence-electron chi connectivity index (χ0n) is 16.6. The highest BCUT2D eigenvalue weighted by Crippen LogP contribution is 2.36. The molecular formula is C20H26N2O4S2. The highest BCUT2D eigenvalue weighted by molar-refractivity contribution is 7.89. The second kappa shape index (κ2) is 8.23. The van der Waals surface area contributed by atoms with Crippen LogP contribution in [-0.4, -0.2) is 38.9 Å². The van der Waals surface area contributed by atoms with E-state index < -0.39 is 10.0 Å². The molecule has 1 aromatic heterocycles. The van der Waals surface area contributed by atoms with Gasteiger partial charge in [0.2, 0.25) is 10.0 Å². The number of ether oxygens (including phenoxy) is 1. The average molecular weight is 423 g/mol. The predicted molar refractivity (Wildman–Crippen MR) is 111 cm³/mol. The molecule has 0 fully saturated rings. The summed E-state index contributed by atoms with van der Waals surface area (Å²) in [6.07, 6.45) is 1.64. The first-order valence-electron chi connectivity index (χ1n) is 9.36. The Hall–Kier alpha value is -1.90. The number of benzene rings is 1. The van der Waals surface area contributed by atoms with Crippen molar-refractivity contribution in [1.82, 2.24) is 9.62 Å². The lowest BCUT2D eigenvalue weighted by Gasteiger charge is -2.35. The van der Waals surface area contributed by atoms with E-state index in [2.05, 4.69) is 23.1 Å². The monoisotopic (exact) mass is 422 g/mol. The minimum atomic E-state index is -3.79. The minimum absolute atomic E-state index is 0.0125. The molecule has 2 heterocycles. The summed E-state index contributed by atoms with van der Waals surface area (Å²) in [4.78, 5) is 16.4. The van der Waals surface area contributed by atoms with E-state index >= 15 is 0 Å². The Bertz CT molecular complexity index is 966. The van der Waals surface area contributed by atoms with Gasteiger partial charge in [0, 0.05) is 23.0 Å². The summed E-state index contributed by atoms with van der Waals surface area (Å²) in [5.74, 6) is 0.0582. The van der Waals surface area contributed by atoms with Gasteiger partial charge in [-0.2, -0.15) is 0 Å². The van der Waals surface area contributed by atoms with Gasteiger partial charge in [-0.05, 0) is 61.9 Å². The van der Waals surface area contributed by atoms with Crippen LogP contribution < -0.4 is 9.46 Å². The van der Waals surface area contributed by atoms with Gasteiger partial charge in [0.15, 0.2) is 0 Å². The number of rotatable bonds is 6. The Labute approximate surface area is 170 Å². The number of amides is 1. The highest BCUT2D eigenvalue weighted by Gasteiger charge is 2.32. The summed E-state index contributed by atoms with van der Waals surface area (Å²) in [6, 6.07) is 6.43. The number of hydrogen-bond acceptors (Lipinski definition) is 5. The highest BCUT2D eigenvalue weighted by atomic mass is 32.2. The van der Waals surface area contributed by atoms with Gasteiger partial charge < -0.3 is 9.64 Å². The number of carbonyl (C=O) groups is 1. The summed E-state index contributed by atoms with van der Waals surface area (Å²) in [5, 5.41) is 2.07. The van der Waals surface area contributed by atoms with E-state index in [0.717, 1.165) is 12.8 Å². The molecule has 1 aliphatic rings. The van der Waals surface area contributed by atoms with Crippen LogP contribution >= 0.6 is 11.3 Å². The van der Waals surface area contributed by atoms with Crippen molar-refractivity contribution in [1.29, 1.82) is 0 Å². The summed E-state index contributed by atoms with van der Waals surface area (Å²) in [5.41, 5.74) is 1.55. The van der Waals surface area contributed by atoms with Crippen LogP contribution in [0.5, 0.6) is 5.75 Å². The SMILES string of the molecule is CC[C@@H]1c2ccsc2CCN1C(=O)c1ccc(OC)c(S(=O)(=O)NC(C)C)c1. The maximum absolute atomic E-state index is 13.3. The molecule has 1 aliphatic heterocycles. The molecule has 0 aliphatic carbocycles. The number of nitrogens with zero attached hydrogens (tertiary/aromatic N) is 1. The van der Waals surface area contributed by atoms with Crippen molar-refractivity contribution in [2.75, 3.05) is 13.7 Å². The zero-order valence-corrected chi connectivity index (χ0v) is 18.2. The number of hydrogen-bond donors (Lipinski definition) is 1. The fourth-order valence-electron chi connectivity index (χ4n) is 3.64. The van der Waals surface area contributed by atoms with Crippen LogP contribution in [0, 0.1) is 0 Å². The van der Waals surface area contributed by atoms with Crippen LogP contribution in [0.25, 0.3) is 0 Å². The Balaban J connectivity index is 1.98. The van der Waals surface area contributed by atoms with Crippen molar-refractivity contribution in [2.24, 2.45) is 0 Å². The van der Waals surface area contributed by atoms with Gasteiger partial charge >= 0.3 is 0 Å². The first-order valence-corrected chi connectivity index (χ1v) is 11.7. The lowest BCUT2D eigenvalue weighted by Crippen LogP contribution is -2.39.